The zero-order valence-electron chi connectivity index (χ0n) is 17.9. The van der Waals surface area contributed by atoms with Crippen molar-refractivity contribution in [1.29, 1.82) is 0 Å². The average Bonchev–Trinajstić information content (AvgIpc) is 2.75. The van der Waals surface area contributed by atoms with Crippen molar-refractivity contribution in [3.8, 4) is 5.75 Å². The number of benzene rings is 2. The molecule has 1 N–H and O–H groups in total. The fourth-order valence-electron chi connectivity index (χ4n) is 3.77. The Morgan fingerprint density at radius 3 is 2.52 bits per heavy atom. The lowest BCUT2D eigenvalue weighted by Gasteiger charge is -2.35. The molecular weight excluding hydrogens is 362 g/mol. The number of hydrogen-bond acceptors (Lipinski definition) is 4. The standard InChI is InChI=1S/C24H33N3O2/c1-4-26-14-16-27(17-15-26)21-11-12-22(19(3)18-21)25-24(28)13-10-20-8-6-7-9-23(20)29-5-2/h6-9,11-12,18H,4-5,10,13-17H2,1-3H3,(H,25,28). The summed E-state index contributed by atoms with van der Waals surface area (Å²) in [5, 5.41) is 3.07. The summed E-state index contributed by atoms with van der Waals surface area (Å²) in [5.41, 5.74) is 4.30. The van der Waals surface area contributed by atoms with Gasteiger partial charge in [-0.05, 0) is 62.2 Å². The van der Waals surface area contributed by atoms with Gasteiger partial charge in [0, 0.05) is 44.0 Å². The van der Waals surface area contributed by atoms with Gasteiger partial charge < -0.3 is 19.9 Å². The third kappa shape index (κ3) is 5.73. The third-order valence-corrected chi connectivity index (χ3v) is 5.56. The highest BCUT2D eigenvalue weighted by molar-refractivity contribution is 5.92. The van der Waals surface area contributed by atoms with E-state index in [9.17, 15) is 4.79 Å². The normalized spacial score (nSPS) is 14.7. The van der Waals surface area contributed by atoms with Gasteiger partial charge in [-0.3, -0.25) is 4.79 Å². The van der Waals surface area contributed by atoms with E-state index in [4.69, 9.17) is 4.74 Å². The summed E-state index contributed by atoms with van der Waals surface area (Å²) in [6, 6.07) is 14.3. The summed E-state index contributed by atoms with van der Waals surface area (Å²) >= 11 is 0. The second-order valence-electron chi connectivity index (χ2n) is 7.51. The minimum atomic E-state index is 0.0312. The number of hydrogen-bond donors (Lipinski definition) is 1. The van der Waals surface area contributed by atoms with Crippen molar-refractivity contribution in [1.82, 2.24) is 4.90 Å². The lowest BCUT2D eigenvalue weighted by Crippen LogP contribution is -2.46. The van der Waals surface area contributed by atoms with Crippen LogP contribution >= 0.6 is 0 Å². The second-order valence-corrected chi connectivity index (χ2v) is 7.51. The predicted molar refractivity (Wildman–Crippen MR) is 120 cm³/mol. The molecule has 1 heterocycles. The van der Waals surface area contributed by atoms with Crippen LogP contribution in [0.25, 0.3) is 0 Å². The molecule has 0 aromatic heterocycles. The Kier molecular flexibility index (Phi) is 7.53. The highest BCUT2D eigenvalue weighted by Crippen LogP contribution is 2.24. The monoisotopic (exact) mass is 395 g/mol. The number of aryl methyl sites for hydroxylation is 2. The fraction of sp³-hybridized carbons (Fsp3) is 0.458. The van der Waals surface area contributed by atoms with E-state index in [2.05, 4.69) is 41.1 Å². The molecule has 0 unspecified atom stereocenters. The van der Waals surface area contributed by atoms with E-state index in [0.29, 0.717) is 19.4 Å². The van der Waals surface area contributed by atoms with E-state index in [1.54, 1.807) is 0 Å². The van der Waals surface area contributed by atoms with Crippen LogP contribution in [-0.4, -0.2) is 50.1 Å². The van der Waals surface area contributed by atoms with Crippen LogP contribution in [0.15, 0.2) is 42.5 Å². The molecule has 0 saturated carbocycles. The number of ether oxygens (including phenoxy) is 1. The molecule has 5 heteroatoms. The van der Waals surface area contributed by atoms with E-state index < -0.39 is 0 Å². The minimum Gasteiger partial charge on any atom is -0.494 e. The fourth-order valence-corrected chi connectivity index (χ4v) is 3.77. The number of para-hydroxylation sites is 1. The smallest absolute Gasteiger partial charge is 0.224 e. The molecule has 0 spiro atoms. The Hall–Kier alpha value is -2.53. The van der Waals surface area contributed by atoms with E-state index in [1.165, 1.54) is 5.69 Å². The topological polar surface area (TPSA) is 44.8 Å². The van der Waals surface area contributed by atoms with Crippen molar-refractivity contribution in [2.75, 3.05) is 49.5 Å². The van der Waals surface area contributed by atoms with Gasteiger partial charge in [0.1, 0.15) is 5.75 Å². The number of piperazine rings is 1. The number of amides is 1. The van der Waals surface area contributed by atoms with Crippen molar-refractivity contribution >= 4 is 17.3 Å². The molecule has 0 aliphatic carbocycles. The molecule has 0 radical (unpaired) electrons. The maximum atomic E-state index is 12.5. The number of likely N-dealkylation sites (N-methyl/N-ethyl adjacent to an activating group) is 1. The van der Waals surface area contributed by atoms with Crippen LogP contribution in [0.4, 0.5) is 11.4 Å². The summed E-state index contributed by atoms with van der Waals surface area (Å²) in [7, 11) is 0. The van der Waals surface area contributed by atoms with Crippen LogP contribution in [0, 0.1) is 6.92 Å². The highest BCUT2D eigenvalue weighted by atomic mass is 16.5. The van der Waals surface area contributed by atoms with Gasteiger partial charge in [0.25, 0.3) is 0 Å². The molecule has 5 nitrogen and oxygen atoms in total. The number of anilines is 2. The number of rotatable bonds is 8. The van der Waals surface area contributed by atoms with Gasteiger partial charge in [-0.1, -0.05) is 25.1 Å². The van der Waals surface area contributed by atoms with E-state index in [1.807, 2.05) is 37.3 Å². The zero-order chi connectivity index (χ0) is 20.6. The first kappa shape index (κ1) is 21.2. The Balaban J connectivity index is 1.56. The summed E-state index contributed by atoms with van der Waals surface area (Å²) in [5.74, 6) is 0.898. The number of nitrogens with zero attached hydrogens (tertiary/aromatic N) is 2. The molecule has 29 heavy (non-hydrogen) atoms. The first-order valence-corrected chi connectivity index (χ1v) is 10.7. The van der Waals surface area contributed by atoms with E-state index in [-0.39, 0.29) is 5.91 Å². The molecule has 156 valence electrons. The molecule has 0 bridgehead atoms. The third-order valence-electron chi connectivity index (χ3n) is 5.56. The van der Waals surface area contributed by atoms with E-state index in [0.717, 1.165) is 55.3 Å². The van der Waals surface area contributed by atoms with Gasteiger partial charge in [0.2, 0.25) is 5.91 Å². The largest absolute Gasteiger partial charge is 0.494 e. The summed E-state index contributed by atoms with van der Waals surface area (Å²) in [6.07, 6.45) is 1.10. The van der Waals surface area contributed by atoms with Gasteiger partial charge in [-0.2, -0.15) is 0 Å². The lowest BCUT2D eigenvalue weighted by atomic mass is 10.1. The Morgan fingerprint density at radius 2 is 1.83 bits per heavy atom. The molecule has 2 aromatic rings. The van der Waals surface area contributed by atoms with Crippen molar-refractivity contribution in [2.24, 2.45) is 0 Å². The van der Waals surface area contributed by atoms with Crippen molar-refractivity contribution < 1.29 is 9.53 Å². The van der Waals surface area contributed by atoms with Crippen LogP contribution in [-0.2, 0) is 11.2 Å². The summed E-state index contributed by atoms with van der Waals surface area (Å²) < 4.78 is 5.65. The number of carbonyl (C=O) groups excluding carboxylic acids is 1. The SMILES string of the molecule is CCOc1ccccc1CCC(=O)Nc1ccc(N2CCN(CC)CC2)cc1C. The molecule has 1 saturated heterocycles. The first-order valence-electron chi connectivity index (χ1n) is 10.7. The van der Waals surface area contributed by atoms with Gasteiger partial charge >= 0.3 is 0 Å². The Labute approximate surface area is 174 Å². The van der Waals surface area contributed by atoms with Gasteiger partial charge in [-0.15, -0.1) is 0 Å². The molecule has 1 aliphatic rings. The maximum absolute atomic E-state index is 12.5. The molecule has 1 amide bonds. The highest BCUT2D eigenvalue weighted by Gasteiger charge is 2.16. The quantitative estimate of drug-likeness (QED) is 0.731. The lowest BCUT2D eigenvalue weighted by molar-refractivity contribution is -0.116. The maximum Gasteiger partial charge on any atom is 0.224 e. The molecular formula is C24H33N3O2. The van der Waals surface area contributed by atoms with Crippen LogP contribution in [0.5, 0.6) is 5.75 Å². The molecule has 1 fully saturated rings. The second kappa shape index (κ2) is 10.3. The first-order chi connectivity index (χ1) is 14.1. The molecule has 2 aromatic carbocycles. The Bertz CT molecular complexity index is 814. The summed E-state index contributed by atoms with van der Waals surface area (Å²) in [6.45, 7) is 12.3. The minimum absolute atomic E-state index is 0.0312. The number of nitrogens with one attached hydrogen (secondary N) is 1. The Morgan fingerprint density at radius 1 is 1.07 bits per heavy atom. The molecule has 1 aliphatic heterocycles. The number of carbonyl (C=O) groups is 1. The predicted octanol–water partition coefficient (Wildman–Crippen LogP) is 4.11. The van der Waals surface area contributed by atoms with E-state index >= 15 is 0 Å². The van der Waals surface area contributed by atoms with Crippen LogP contribution in [0.3, 0.4) is 0 Å². The summed E-state index contributed by atoms with van der Waals surface area (Å²) in [4.78, 5) is 17.4. The van der Waals surface area contributed by atoms with Crippen LogP contribution in [0.1, 0.15) is 31.4 Å². The van der Waals surface area contributed by atoms with Gasteiger partial charge in [-0.25, -0.2) is 0 Å². The van der Waals surface area contributed by atoms with Crippen LogP contribution in [0.2, 0.25) is 0 Å². The van der Waals surface area contributed by atoms with Gasteiger partial charge in [0.15, 0.2) is 0 Å². The van der Waals surface area contributed by atoms with Crippen molar-refractivity contribution in [2.45, 2.75) is 33.6 Å². The van der Waals surface area contributed by atoms with Crippen LogP contribution < -0.4 is 15.0 Å². The molecule has 3 rings (SSSR count). The van der Waals surface area contributed by atoms with Crippen molar-refractivity contribution in [3.05, 3.63) is 53.6 Å². The van der Waals surface area contributed by atoms with Crippen molar-refractivity contribution in [3.63, 3.8) is 0 Å². The zero-order valence-corrected chi connectivity index (χ0v) is 17.9. The average molecular weight is 396 g/mol. The molecule has 0 atom stereocenters. The van der Waals surface area contributed by atoms with Gasteiger partial charge in [0.05, 0.1) is 6.61 Å².